The zero-order chi connectivity index (χ0) is 12.4. The van der Waals surface area contributed by atoms with E-state index in [2.05, 4.69) is 15.3 Å². The van der Waals surface area contributed by atoms with Gasteiger partial charge in [-0.1, -0.05) is 0 Å². The van der Waals surface area contributed by atoms with Crippen molar-refractivity contribution in [3.63, 3.8) is 0 Å². The van der Waals surface area contributed by atoms with Gasteiger partial charge in [-0.3, -0.25) is 4.98 Å². The second kappa shape index (κ2) is 4.62. The normalized spacial score (nSPS) is 10.7. The van der Waals surface area contributed by atoms with E-state index in [4.69, 9.17) is 5.73 Å². The van der Waals surface area contributed by atoms with Crippen molar-refractivity contribution in [2.24, 2.45) is 0 Å². The van der Waals surface area contributed by atoms with E-state index in [9.17, 15) is 0 Å². The van der Waals surface area contributed by atoms with Crippen LogP contribution in [-0.4, -0.2) is 9.97 Å². The van der Waals surface area contributed by atoms with Crippen molar-refractivity contribution in [1.82, 2.24) is 9.97 Å². The highest BCUT2D eigenvalue weighted by Gasteiger charge is 2.00. The predicted molar refractivity (Wildman–Crippen MR) is 75.6 cm³/mol. The van der Waals surface area contributed by atoms with Crippen LogP contribution in [0.1, 0.15) is 4.88 Å². The number of nitrogen functional groups attached to an aromatic ring is 1. The lowest BCUT2D eigenvalue weighted by atomic mass is 10.2. The zero-order valence-corrected chi connectivity index (χ0v) is 10.4. The highest BCUT2D eigenvalue weighted by atomic mass is 32.1. The molecule has 0 aliphatic carbocycles. The second-order valence-electron chi connectivity index (χ2n) is 3.97. The molecular weight excluding hydrogens is 244 g/mol. The lowest BCUT2D eigenvalue weighted by Crippen LogP contribution is -1.99. The van der Waals surface area contributed by atoms with Crippen molar-refractivity contribution < 1.29 is 0 Å². The van der Waals surface area contributed by atoms with E-state index in [1.807, 2.05) is 42.0 Å². The van der Waals surface area contributed by atoms with Gasteiger partial charge in [0.15, 0.2) is 0 Å². The monoisotopic (exact) mass is 256 g/mol. The van der Waals surface area contributed by atoms with Gasteiger partial charge in [0.2, 0.25) is 0 Å². The largest absolute Gasteiger partial charge is 0.399 e. The lowest BCUT2D eigenvalue weighted by Gasteiger charge is -2.05. The number of nitrogens with two attached hydrogens (primary N) is 1. The highest BCUT2D eigenvalue weighted by Crippen LogP contribution is 2.18. The first kappa shape index (κ1) is 11.0. The third-order valence-corrected chi connectivity index (χ3v) is 3.42. The molecule has 0 unspecified atom stereocenters. The Kier molecular flexibility index (Phi) is 2.82. The molecule has 0 fully saturated rings. The second-order valence-corrected chi connectivity index (χ2v) is 4.94. The van der Waals surface area contributed by atoms with Crippen LogP contribution in [0.5, 0.6) is 0 Å². The SMILES string of the molecule is Nc1ccc2nc(NCc3cncs3)ccc2c1. The van der Waals surface area contributed by atoms with Crippen LogP contribution in [0.25, 0.3) is 10.9 Å². The number of nitrogens with one attached hydrogen (secondary N) is 1. The van der Waals surface area contributed by atoms with Crippen molar-refractivity contribution in [1.29, 1.82) is 0 Å². The first-order chi connectivity index (χ1) is 8.81. The molecule has 0 aliphatic heterocycles. The molecule has 5 heteroatoms. The van der Waals surface area contributed by atoms with Crippen LogP contribution in [0.2, 0.25) is 0 Å². The fourth-order valence-corrected chi connectivity index (χ4v) is 2.28. The van der Waals surface area contributed by atoms with Crippen molar-refractivity contribution in [3.8, 4) is 0 Å². The van der Waals surface area contributed by atoms with Crippen molar-refractivity contribution in [2.75, 3.05) is 11.1 Å². The summed E-state index contributed by atoms with van der Waals surface area (Å²) in [4.78, 5) is 9.76. The minimum atomic E-state index is 0.748. The van der Waals surface area contributed by atoms with E-state index in [0.717, 1.165) is 29.0 Å². The van der Waals surface area contributed by atoms with E-state index in [1.165, 1.54) is 4.88 Å². The number of benzene rings is 1. The van der Waals surface area contributed by atoms with E-state index < -0.39 is 0 Å². The smallest absolute Gasteiger partial charge is 0.126 e. The summed E-state index contributed by atoms with van der Waals surface area (Å²) in [5, 5.41) is 4.34. The number of hydrogen-bond acceptors (Lipinski definition) is 5. The zero-order valence-electron chi connectivity index (χ0n) is 9.63. The predicted octanol–water partition coefficient (Wildman–Crippen LogP) is 2.89. The van der Waals surface area contributed by atoms with Gasteiger partial charge in [-0.15, -0.1) is 11.3 Å². The van der Waals surface area contributed by atoms with Gasteiger partial charge in [0, 0.05) is 22.1 Å². The van der Waals surface area contributed by atoms with Crippen LogP contribution >= 0.6 is 11.3 Å². The molecule has 3 N–H and O–H groups in total. The third kappa shape index (κ3) is 2.26. The summed E-state index contributed by atoms with van der Waals surface area (Å²) in [5.41, 5.74) is 9.26. The molecule has 0 bridgehead atoms. The van der Waals surface area contributed by atoms with Crippen LogP contribution in [0.15, 0.2) is 42.0 Å². The number of fused-ring (bicyclic) bond motifs is 1. The molecule has 0 aliphatic rings. The number of pyridine rings is 1. The van der Waals surface area contributed by atoms with Crippen LogP contribution in [0, 0.1) is 0 Å². The fraction of sp³-hybridized carbons (Fsp3) is 0.0769. The minimum absolute atomic E-state index is 0.748. The lowest BCUT2D eigenvalue weighted by molar-refractivity contribution is 1.14. The maximum absolute atomic E-state index is 5.74. The Labute approximate surface area is 109 Å². The quantitative estimate of drug-likeness (QED) is 0.707. The first-order valence-corrected chi connectivity index (χ1v) is 6.47. The van der Waals surface area contributed by atoms with Gasteiger partial charge in [-0.2, -0.15) is 0 Å². The Morgan fingerprint density at radius 1 is 1.22 bits per heavy atom. The summed E-state index contributed by atoms with van der Waals surface area (Å²) < 4.78 is 0. The van der Waals surface area contributed by atoms with Crippen LogP contribution in [0.3, 0.4) is 0 Å². The Morgan fingerprint density at radius 3 is 3.00 bits per heavy atom. The molecule has 0 amide bonds. The highest BCUT2D eigenvalue weighted by molar-refractivity contribution is 7.09. The standard InChI is InChI=1S/C13H12N4S/c14-10-2-3-12-9(5-10)1-4-13(17-12)16-7-11-6-15-8-18-11/h1-6,8H,7,14H2,(H,16,17). The maximum atomic E-state index is 5.74. The van der Waals surface area contributed by atoms with Crippen molar-refractivity contribution in [3.05, 3.63) is 46.9 Å². The molecule has 1 aromatic carbocycles. The van der Waals surface area contributed by atoms with Gasteiger partial charge >= 0.3 is 0 Å². The Morgan fingerprint density at radius 2 is 2.17 bits per heavy atom. The van der Waals surface area contributed by atoms with Crippen LogP contribution in [0.4, 0.5) is 11.5 Å². The van der Waals surface area contributed by atoms with E-state index >= 15 is 0 Å². The van der Waals surface area contributed by atoms with Crippen LogP contribution < -0.4 is 11.1 Å². The van der Waals surface area contributed by atoms with Crippen molar-refractivity contribution in [2.45, 2.75) is 6.54 Å². The molecule has 3 rings (SSSR count). The summed E-state index contributed by atoms with van der Waals surface area (Å²) >= 11 is 1.63. The molecule has 2 heterocycles. The number of aromatic nitrogens is 2. The van der Waals surface area contributed by atoms with Gasteiger partial charge in [0.1, 0.15) is 5.82 Å². The van der Waals surface area contributed by atoms with E-state index in [1.54, 1.807) is 11.3 Å². The minimum Gasteiger partial charge on any atom is -0.399 e. The van der Waals surface area contributed by atoms with Crippen molar-refractivity contribution >= 4 is 33.7 Å². The average molecular weight is 256 g/mol. The summed E-state index contributed by atoms with van der Waals surface area (Å²) in [6, 6.07) is 9.71. The first-order valence-electron chi connectivity index (χ1n) is 5.59. The number of thiazole rings is 1. The summed E-state index contributed by atoms with van der Waals surface area (Å²) in [6.07, 6.45) is 1.86. The molecule has 0 saturated heterocycles. The maximum Gasteiger partial charge on any atom is 0.126 e. The van der Waals surface area contributed by atoms with Gasteiger partial charge in [0.25, 0.3) is 0 Å². The molecule has 0 saturated carbocycles. The number of anilines is 2. The molecule has 3 aromatic rings. The molecule has 90 valence electrons. The van der Waals surface area contributed by atoms with Gasteiger partial charge in [0.05, 0.1) is 17.6 Å². The summed E-state index contributed by atoms with van der Waals surface area (Å²) in [6.45, 7) is 0.748. The Hall–Kier alpha value is -2.14. The Bertz CT molecular complexity index is 664. The summed E-state index contributed by atoms with van der Waals surface area (Å²) in [7, 11) is 0. The van der Waals surface area contributed by atoms with E-state index in [0.29, 0.717) is 0 Å². The summed E-state index contributed by atoms with van der Waals surface area (Å²) in [5.74, 6) is 0.862. The fourth-order valence-electron chi connectivity index (χ4n) is 1.75. The molecule has 18 heavy (non-hydrogen) atoms. The topological polar surface area (TPSA) is 63.8 Å². The Balaban J connectivity index is 1.82. The van der Waals surface area contributed by atoms with Gasteiger partial charge in [-0.25, -0.2) is 4.98 Å². The van der Waals surface area contributed by atoms with Gasteiger partial charge in [-0.05, 0) is 30.3 Å². The number of hydrogen-bond donors (Lipinski definition) is 2. The van der Waals surface area contributed by atoms with E-state index in [-0.39, 0.29) is 0 Å². The molecule has 2 aromatic heterocycles. The molecule has 0 spiro atoms. The molecule has 0 radical (unpaired) electrons. The molecule has 4 nitrogen and oxygen atoms in total. The average Bonchev–Trinajstić information content (AvgIpc) is 2.89. The van der Waals surface area contributed by atoms with Gasteiger partial charge < -0.3 is 11.1 Å². The van der Waals surface area contributed by atoms with Crippen LogP contribution in [-0.2, 0) is 6.54 Å². The third-order valence-electron chi connectivity index (χ3n) is 2.64. The molecular formula is C13H12N4S. The number of nitrogens with zero attached hydrogens (tertiary/aromatic N) is 2. The molecule has 0 atom stereocenters. The number of rotatable bonds is 3.